The highest BCUT2D eigenvalue weighted by molar-refractivity contribution is 5.92. The van der Waals surface area contributed by atoms with Gasteiger partial charge in [-0.15, -0.1) is 0 Å². The second-order valence-electron chi connectivity index (χ2n) is 7.28. The normalized spacial score (nSPS) is 11.6. The summed E-state index contributed by atoms with van der Waals surface area (Å²) in [6, 6.07) is 10.1. The first-order valence-electron chi connectivity index (χ1n) is 11.1. The van der Waals surface area contributed by atoms with Crippen molar-refractivity contribution in [2.45, 2.75) is 32.7 Å². The van der Waals surface area contributed by atoms with Gasteiger partial charge < -0.3 is 29.0 Å². The van der Waals surface area contributed by atoms with Gasteiger partial charge in [-0.1, -0.05) is 19.1 Å². The molecule has 0 saturated heterocycles. The number of hydrogen-bond acceptors (Lipinski definition) is 7. The third kappa shape index (κ3) is 7.72. The van der Waals surface area contributed by atoms with Crippen molar-refractivity contribution in [1.82, 2.24) is 5.32 Å². The molecule has 2 rings (SSSR count). The SMILES string of the molecule is CCCOc1ccc(/C=C/C(=O)NC(CC(=O)OC)c2ccc(OC)c(OC)c2)cc1OCC. The minimum Gasteiger partial charge on any atom is -0.493 e. The molecule has 0 saturated carbocycles. The van der Waals surface area contributed by atoms with E-state index < -0.39 is 12.0 Å². The highest BCUT2D eigenvalue weighted by atomic mass is 16.5. The van der Waals surface area contributed by atoms with Crippen LogP contribution in [-0.2, 0) is 14.3 Å². The molecule has 1 atom stereocenters. The first-order valence-corrected chi connectivity index (χ1v) is 11.1. The van der Waals surface area contributed by atoms with E-state index in [1.807, 2.05) is 32.0 Å². The van der Waals surface area contributed by atoms with E-state index in [1.165, 1.54) is 27.4 Å². The number of methoxy groups -OCH3 is 3. The number of nitrogens with one attached hydrogen (secondary N) is 1. The van der Waals surface area contributed by atoms with Gasteiger partial charge in [-0.05, 0) is 54.8 Å². The summed E-state index contributed by atoms with van der Waals surface area (Å²) in [6.07, 6.45) is 3.93. The summed E-state index contributed by atoms with van der Waals surface area (Å²) < 4.78 is 26.8. The van der Waals surface area contributed by atoms with E-state index in [1.54, 1.807) is 24.3 Å². The third-order valence-electron chi connectivity index (χ3n) is 4.88. The summed E-state index contributed by atoms with van der Waals surface area (Å²) in [5.41, 5.74) is 1.46. The number of esters is 1. The topological polar surface area (TPSA) is 92.3 Å². The Kier molecular flexibility index (Phi) is 10.8. The Morgan fingerprint density at radius 3 is 2.29 bits per heavy atom. The molecule has 0 aliphatic rings. The molecule has 8 heteroatoms. The molecule has 0 bridgehead atoms. The molecule has 184 valence electrons. The van der Waals surface area contributed by atoms with Gasteiger partial charge in [0.05, 0.1) is 47.0 Å². The van der Waals surface area contributed by atoms with Crippen molar-refractivity contribution < 1.29 is 33.3 Å². The molecular weight excluding hydrogens is 438 g/mol. The van der Waals surface area contributed by atoms with Crippen molar-refractivity contribution in [3.05, 3.63) is 53.6 Å². The van der Waals surface area contributed by atoms with Crippen LogP contribution in [0.1, 0.15) is 43.9 Å². The molecule has 0 radical (unpaired) electrons. The zero-order valence-corrected chi connectivity index (χ0v) is 20.4. The molecular formula is C26H33NO7. The van der Waals surface area contributed by atoms with Crippen molar-refractivity contribution in [3.8, 4) is 23.0 Å². The lowest BCUT2D eigenvalue weighted by Crippen LogP contribution is -2.29. The average molecular weight is 472 g/mol. The second-order valence-corrected chi connectivity index (χ2v) is 7.28. The summed E-state index contributed by atoms with van der Waals surface area (Å²) >= 11 is 0. The Bertz CT molecular complexity index is 987. The van der Waals surface area contributed by atoms with Crippen LogP contribution in [0, 0.1) is 0 Å². The molecule has 0 spiro atoms. The number of carbonyl (C=O) groups excluding carboxylic acids is 2. The Morgan fingerprint density at radius 2 is 1.65 bits per heavy atom. The molecule has 0 aliphatic carbocycles. The van der Waals surface area contributed by atoms with E-state index in [2.05, 4.69) is 5.32 Å². The van der Waals surface area contributed by atoms with Crippen LogP contribution >= 0.6 is 0 Å². The van der Waals surface area contributed by atoms with E-state index in [0.29, 0.717) is 41.8 Å². The molecule has 1 N–H and O–H groups in total. The van der Waals surface area contributed by atoms with Gasteiger partial charge >= 0.3 is 5.97 Å². The van der Waals surface area contributed by atoms with Crippen LogP contribution in [0.5, 0.6) is 23.0 Å². The van der Waals surface area contributed by atoms with Gasteiger partial charge in [-0.3, -0.25) is 9.59 Å². The van der Waals surface area contributed by atoms with E-state index in [4.69, 9.17) is 23.7 Å². The van der Waals surface area contributed by atoms with Gasteiger partial charge in [0.2, 0.25) is 5.91 Å². The van der Waals surface area contributed by atoms with Crippen LogP contribution in [0.2, 0.25) is 0 Å². The van der Waals surface area contributed by atoms with Crippen molar-refractivity contribution in [3.63, 3.8) is 0 Å². The maximum absolute atomic E-state index is 12.7. The van der Waals surface area contributed by atoms with Crippen molar-refractivity contribution >= 4 is 18.0 Å². The number of ether oxygens (including phenoxy) is 5. The molecule has 0 aliphatic heterocycles. The zero-order chi connectivity index (χ0) is 24.9. The van der Waals surface area contributed by atoms with Crippen LogP contribution < -0.4 is 24.3 Å². The minimum atomic E-state index is -0.617. The highest BCUT2D eigenvalue weighted by Crippen LogP contribution is 2.31. The van der Waals surface area contributed by atoms with Crippen LogP contribution in [-0.4, -0.2) is 46.4 Å². The Labute approximate surface area is 200 Å². The quantitative estimate of drug-likeness (QED) is 0.343. The van der Waals surface area contributed by atoms with E-state index >= 15 is 0 Å². The lowest BCUT2D eigenvalue weighted by molar-refractivity contribution is -0.141. The fourth-order valence-corrected chi connectivity index (χ4v) is 3.19. The smallest absolute Gasteiger partial charge is 0.307 e. The summed E-state index contributed by atoms with van der Waals surface area (Å²) in [6.45, 7) is 5.02. The largest absolute Gasteiger partial charge is 0.493 e. The fraction of sp³-hybridized carbons (Fsp3) is 0.385. The zero-order valence-electron chi connectivity index (χ0n) is 20.4. The van der Waals surface area contributed by atoms with Gasteiger partial charge in [0.15, 0.2) is 23.0 Å². The third-order valence-corrected chi connectivity index (χ3v) is 4.88. The Hall–Kier alpha value is -3.68. The first-order chi connectivity index (χ1) is 16.4. The highest BCUT2D eigenvalue weighted by Gasteiger charge is 2.20. The van der Waals surface area contributed by atoms with Gasteiger partial charge in [0.25, 0.3) is 0 Å². The number of hydrogen-bond donors (Lipinski definition) is 1. The summed E-state index contributed by atoms with van der Waals surface area (Å²) in [5, 5.41) is 2.86. The fourth-order valence-electron chi connectivity index (χ4n) is 3.19. The number of benzene rings is 2. The lowest BCUT2D eigenvalue weighted by atomic mass is 10.0. The molecule has 34 heavy (non-hydrogen) atoms. The van der Waals surface area contributed by atoms with Crippen molar-refractivity contribution in [2.24, 2.45) is 0 Å². The average Bonchev–Trinajstić information content (AvgIpc) is 2.86. The molecule has 8 nitrogen and oxygen atoms in total. The van der Waals surface area contributed by atoms with Crippen LogP contribution in [0.3, 0.4) is 0 Å². The lowest BCUT2D eigenvalue weighted by Gasteiger charge is -2.19. The number of rotatable bonds is 13. The molecule has 1 unspecified atom stereocenters. The summed E-state index contributed by atoms with van der Waals surface area (Å²) in [5.74, 6) is 1.50. The first kappa shape index (κ1) is 26.6. The van der Waals surface area contributed by atoms with E-state index in [-0.39, 0.29) is 12.3 Å². The van der Waals surface area contributed by atoms with Crippen LogP contribution in [0.4, 0.5) is 0 Å². The van der Waals surface area contributed by atoms with Crippen molar-refractivity contribution in [1.29, 1.82) is 0 Å². The Morgan fingerprint density at radius 1 is 0.912 bits per heavy atom. The van der Waals surface area contributed by atoms with E-state index in [9.17, 15) is 9.59 Å². The molecule has 2 aromatic carbocycles. The minimum absolute atomic E-state index is 0.0382. The number of amides is 1. The summed E-state index contributed by atoms with van der Waals surface area (Å²) in [7, 11) is 4.36. The summed E-state index contributed by atoms with van der Waals surface area (Å²) in [4.78, 5) is 24.7. The predicted molar refractivity (Wildman–Crippen MR) is 129 cm³/mol. The van der Waals surface area contributed by atoms with Crippen LogP contribution in [0.15, 0.2) is 42.5 Å². The van der Waals surface area contributed by atoms with Gasteiger partial charge in [0, 0.05) is 6.08 Å². The monoisotopic (exact) mass is 471 g/mol. The van der Waals surface area contributed by atoms with Gasteiger partial charge in [-0.2, -0.15) is 0 Å². The Balaban J connectivity index is 2.20. The van der Waals surface area contributed by atoms with E-state index in [0.717, 1.165) is 12.0 Å². The molecule has 0 fully saturated rings. The number of carbonyl (C=O) groups is 2. The molecule has 2 aromatic rings. The van der Waals surface area contributed by atoms with Gasteiger partial charge in [0.1, 0.15) is 0 Å². The maximum atomic E-state index is 12.7. The van der Waals surface area contributed by atoms with Crippen LogP contribution in [0.25, 0.3) is 6.08 Å². The standard InChI is InChI=1S/C26H33NO7/c1-6-14-34-22-11-8-18(15-24(22)33-7-2)9-13-25(28)27-20(17-26(29)32-5)19-10-12-21(30-3)23(16-19)31-4/h8-13,15-16,20H,6-7,14,17H2,1-5H3,(H,27,28)/b13-9+. The molecule has 1 amide bonds. The maximum Gasteiger partial charge on any atom is 0.307 e. The van der Waals surface area contributed by atoms with Crippen molar-refractivity contribution in [2.75, 3.05) is 34.5 Å². The van der Waals surface area contributed by atoms with Gasteiger partial charge in [-0.25, -0.2) is 0 Å². The predicted octanol–water partition coefficient (Wildman–Crippen LogP) is 4.33. The second kappa shape index (κ2) is 13.8. The molecule has 0 heterocycles. The molecule has 0 aromatic heterocycles.